The van der Waals surface area contributed by atoms with E-state index in [1.807, 2.05) is 30.3 Å². The number of para-hydroxylation sites is 2. The maximum Gasteiger partial charge on any atom is 0.224 e. The molecule has 1 fully saturated rings. The van der Waals surface area contributed by atoms with Crippen LogP contribution in [0.2, 0.25) is 0 Å². The van der Waals surface area contributed by atoms with Crippen LogP contribution in [-0.4, -0.2) is 33.4 Å². The van der Waals surface area contributed by atoms with E-state index in [0.717, 1.165) is 60.4 Å². The fraction of sp³-hybridized carbons (Fsp3) is 0.391. The van der Waals surface area contributed by atoms with Gasteiger partial charge >= 0.3 is 0 Å². The maximum absolute atomic E-state index is 12.7. The Morgan fingerprint density at radius 1 is 1.21 bits per heavy atom. The van der Waals surface area contributed by atoms with Gasteiger partial charge in [0, 0.05) is 24.1 Å². The standard InChI is InChI=1S/C23H27BrN4O/c1-2-28-21-8-4-3-7-20(21)26-22(28)16-27-13-5-6-18(15-27)23(29)25-14-17-9-11-19(24)12-10-17/h3-4,7-12,18H,2,5-6,13-16H2,1H3,(H,25,29)/t18-/m1/s1. The minimum atomic E-state index is 0.0404. The molecule has 0 unspecified atom stereocenters. The van der Waals surface area contributed by atoms with Crippen molar-refractivity contribution < 1.29 is 4.79 Å². The molecule has 0 aliphatic carbocycles. The Labute approximate surface area is 180 Å². The van der Waals surface area contributed by atoms with Crippen LogP contribution in [-0.2, 0) is 24.4 Å². The number of aromatic nitrogens is 2. The van der Waals surface area contributed by atoms with Gasteiger partial charge in [-0.3, -0.25) is 9.69 Å². The maximum atomic E-state index is 12.7. The molecule has 3 aromatic rings. The summed E-state index contributed by atoms with van der Waals surface area (Å²) in [7, 11) is 0. The van der Waals surface area contributed by atoms with Crippen LogP contribution in [0.15, 0.2) is 53.0 Å². The first-order valence-electron chi connectivity index (χ1n) is 10.3. The van der Waals surface area contributed by atoms with Crippen molar-refractivity contribution in [2.75, 3.05) is 13.1 Å². The van der Waals surface area contributed by atoms with Crippen LogP contribution >= 0.6 is 15.9 Å². The zero-order valence-electron chi connectivity index (χ0n) is 16.8. The Bertz CT molecular complexity index is 982. The van der Waals surface area contributed by atoms with Crippen LogP contribution < -0.4 is 5.32 Å². The molecule has 2 heterocycles. The molecule has 1 saturated heterocycles. The highest BCUT2D eigenvalue weighted by atomic mass is 79.9. The second-order valence-electron chi connectivity index (χ2n) is 7.68. The van der Waals surface area contributed by atoms with Crippen molar-refractivity contribution in [3.05, 3.63) is 64.4 Å². The number of carbonyl (C=O) groups is 1. The average molecular weight is 455 g/mol. The molecular formula is C23H27BrN4O. The molecular weight excluding hydrogens is 428 g/mol. The van der Waals surface area contributed by atoms with Gasteiger partial charge in [0.15, 0.2) is 0 Å². The largest absolute Gasteiger partial charge is 0.352 e. The van der Waals surface area contributed by atoms with E-state index >= 15 is 0 Å². The first-order valence-corrected chi connectivity index (χ1v) is 11.1. The lowest BCUT2D eigenvalue weighted by Gasteiger charge is -2.31. The van der Waals surface area contributed by atoms with Crippen molar-refractivity contribution in [2.24, 2.45) is 5.92 Å². The Balaban J connectivity index is 1.38. The lowest BCUT2D eigenvalue weighted by Crippen LogP contribution is -2.42. The number of carbonyl (C=O) groups excluding carboxylic acids is 1. The average Bonchev–Trinajstić information content (AvgIpc) is 3.10. The zero-order valence-corrected chi connectivity index (χ0v) is 18.4. The molecule has 1 N–H and O–H groups in total. The second-order valence-corrected chi connectivity index (χ2v) is 8.60. The van der Waals surface area contributed by atoms with Crippen molar-refractivity contribution in [3.63, 3.8) is 0 Å². The summed E-state index contributed by atoms with van der Waals surface area (Å²) in [5, 5.41) is 3.11. The van der Waals surface area contributed by atoms with Gasteiger partial charge in [0.1, 0.15) is 5.82 Å². The number of nitrogens with one attached hydrogen (secondary N) is 1. The minimum absolute atomic E-state index is 0.0404. The summed E-state index contributed by atoms with van der Waals surface area (Å²) in [5.74, 6) is 1.28. The summed E-state index contributed by atoms with van der Waals surface area (Å²) in [5.41, 5.74) is 3.35. The number of hydrogen-bond donors (Lipinski definition) is 1. The van der Waals surface area contributed by atoms with Gasteiger partial charge < -0.3 is 9.88 Å². The molecule has 5 nitrogen and oxygen atoms in total. The van der Waals surface area contributed by atoms with Crippen molar-refractivity contribution in [3.8, 4) is 0 Å². The number of amides is 1. The normalized spacial score (nSPS) is 17.5. The molecule has 0 spiro atoms. The van der Waals surface area contributed by atoms with Crippen LogP contribution in [0.25, 0.3) is 11.0 Å². The lowest BCUT2D eigenvalue weighted by atomic mass is 9.97. The first kappa shape index (κ1) is 20.1. The van der Waals surface area contributed by atoms with Gasteiger partial charge in [0.25, 0.3) is 0 Å². The third kappa shape index (κ3) is 4.70. The third-order valence-electron chi connectivity index (χ3n) is 5.67. The Kier molecular flexibility index (Phi) is 6.31. The van der Waals surface area contributed by atoms with Crippen LogP contribution in [0.5, 0.6) is 0 Å². The summed E-state index contributed by atoms with van der Waals surface area (Å²) in [4.78, 5) is 20.0. The summed E-state index contributed by atoms with van der Waals surface area (Å²) in [6.07, 6.45) is 2.00. The molecule has 0 saturated carbocycles. The predicted octanol–water partition coefficient (Wildman–Crippen LogP) is 4.35. The second kappa shape index (κ2) is 9.09. The Hall–Kier alpha value is -2.18. The number of hydrogen-bond acceptors (Lipinski definition) is 3. The van der Waals surface area contributed by atoms with E-state index in [4.69, 9.17) is 4.98 Å². The molecule has 1 aliphatic heterocycles. The number of nitrogens with zero attached hydrogens (tertiary/aromatic N) is 3. The number of benzene rings is 2. The first-order chi connectivity index (χ1) is 14.1. The van der Waals surface area contributed by atoms with E-state index in [1.54, 1.807) is 0 Å². The van der Waals surface area contributed by atoms with E-state index in [-0.39, 0.29) is 11.8 Å². The van der Waals surface area contributed by atoms with Crippen molar-refractivity contribution >= 4 is 32.9 Å². The van der Waals surface area contributed by atoms with Crippen LogP contribution in [0, 0.1) is 5.92 Å². The Morgan fingerprint density at radius 2 is 2.00 bits per heavy atom. The van der Waals surface area contributed by atoms with Crippen molar-refractivity contribution in [2.45, 2.75) is 39.4 Å². The number of piperidine rings is 1. The quantitative estimate of drug-likeness (QED) is 0.602. The molecule has 0 bridgehead atoms. The molecule has 29 heavy (non-hydrogen) atoms. The number of aryl methyl sites for hydroxylation is 1. The van der Waals surface area contributed by atoms with Crippen LogP contribution in [0.4, 0.5) is 0 Å². The lowest BCUT2D eigenvalue weighted by molar-refractivity contribution is -0.127. The van der Waals surface area contributed by atoms with Crippen molar-refractivity contribution in [1.82, 2.24) is 19.8 Å². The highest BCUT2D eigenvalue weighted by molar-refractivity contribution is 9.10. The number of halogens is 1. The molecule has 2 aromatic carbocycles. The van der Waals surface area contributed by atoms with Crippen LogP contribution in [0.1, 0.15) is 31.2 Å². The molecule has 4 rings (SSSR count). The van der Waals surface area contributed by atoms with Gasteiger partial charge in [-0.25, -0.2) is 4.98 Å². The number of rotatable bonds is 6. The van der Waals surface area contributed by atoms with Crippen LogP contribution in [0.3, 0.4) is 0 Å². The van der Waals surface area contributed by atoms with E-state index in [1.165, 1.54) is 5.52 Å². The molecule has 6 heteroatoms. The number of fused-ring (bicyclic) bond motifs is 1. The molecule has 0 radical (unpaired) electrons. The Morgan fingerprint density at radius 3 is 2.79 bits per heavy atom. The number of imidazole rings is 1. The van der Waals surface area contributed by atoms with Gasteiger partial charge in [-0.15, -0.1) is 0 Å². The topological polar surface area (TPSA) is 50.2 Å². The molecule has 1 atom stereocenters. The minimum Gasteiger partial charge on any atom is -0.352 e. The van der Waals surface area contributed by atoms with Gasteiger partial charge in [0.05, 0.1) is 23.5 Å². The molecule has 1 amide bonds. The smallest absolute Gasteiger partial charge is 0.224 e. The van der Waals surface area contributed by atoms with Crippen molar-refractivity contribution in [1.29, 1.82) is 0 Å². The monoisotopic (exact) mass is 454 g/mol. The molecule has 152 valence electrons. The van der Waals surface area contributed by atoms with E-state index < -0.39 is 0 Å². The van der Waals surface area contributed by atoms with E-state index in [2.05, 4.69) is 55.8 Å². The van der Waals surface area contributed by atoms with Gasteiger partial charge in [-0.1, -0.05) is 40.2 Å². The summed E-state index contributed by atoms with van der Waals surface area (Å²) in [6.45, 7) is 6.24. The van der Waals surface area contributed by atoms with Gasteiger partial charge in [-0.05, 0) is 56.1 Å². The predicted molar refractivity (Wildman–Crippen MR) is 119 cm³/mol. The summed E-state index contributed by atoms with van der Waals surface area (Å²) < 4.78 is 3.33. The highest BCUT2D eigenvalue weighted by Crippen LogP contribution is 2.22. The summed E-state index contributed by atoms with van der Waals surface area (Å²) >= 11 is 3.44. The SMILES string of the molecule is CCn1c(CN2CCC[C@@H](C(=O)NCc3ccc(Br)cc3)C2)nc2ccccc21. The highest BCUT2D eigenvalue weighted by Gasteiger charge is 2.26. The third-order valence-corrected chi connectivity index (χ3v) is 6.20. The number of likely N-dealkylation sites (tertiary alicyclic amines) is 1. The fourth-order valence-corrected chi connectivity index (χ4v) is 4.41. The zero-order chi connectivity index (χ0) is 20.2. The van der Waals surface area contributed by atoms with Gasteiger partial charge in [-0.2, -0.15) is 0 Å². The fourth-order valence-electron chi connectivity index (χ4n) is 4.15. The summed E-state index contributed by atoms with van der Waals surface area (Å²) in [6, 6.07) is 16.4. The van der Waals surface area contributed by atoms with E-state index in [0.29, 0.717) is 6.54 Å². The molecule has 1 aliphatic rings. The van der Waals surface area contributed by atoms with Gasteiger partial charge in [0.2, 0.25) is 5.91 Å². The molecule has 1 aromatic heterocycles. The van der Waals surface area contributed by atoms with E-state index in [9.17, 15) is 4.79 Å².